The quantitative estimate of drug-likeness (QED) is 0.584. The van der Waals surface area contributed by atoms with E-state index in [1.807, 2.05) is 24.3 Å². The summed E-state index contributed by atoms with van der Waals surface area (Å²) in [7, 11) is 0. The van der Waals surface area contributed by atoms with Crippen molar-refractivity contribution in [3.63, 3.8) is 0 Å². The van der Waals surface area contributed by atoms with Crippen LogP contribution in [-0.2, 0) is 11.3 Å². The highest BCUT2D eigenvalue weighted by molar-refractivity contribution is 6.30. The molecule has 1 heterocycles. The number of carbonyl (C=O) groups is 1. The topological polar surface area (TPSA) is 72.7 Å². The average Bonchev–Trinajstić information content (AvgIpc) is 2.66. The summed E-state index contributed by atoms with van der Waals surface area (Å²) in [5.41, 5.74) is 1.42. The summed E-state index contributed by atoms with van der Waals surface area (Å²) in [6.07, 6.45) is 1.72. The van der Waals surface area contributed by atoms with Gasteiger partial charge in [-0.05, 0) is 42.7 Å². The van der Waals surface area contributed by atoms with Crippen molar-refractivity contribution >= 4 is 23.2 Å². The van der Waals surface area contributed by atoms with Gasteiger partial charge in [0.25, 0.3) is 11.6 Å². The molecule has 3 rings (SSSR count). The number of carbonyl (C=O) groups excluding carboxylic acids is 1. The molecule has 6 nitrogen and oxygen atoms in total. The SMILES string of the molecule is O=C(c1ccc([N+](=O)[O-])cc1)N1CCC[C@H](OCc2cccc(Cl)c2)C1. The van der Waals surface area contributed by atoms with Crippen molar-refractivity contribution in [2.75, 3.05) is 13.1 Å². The Balaban J connectivity index is 1.58. The summed E-state index contributed by atoms with van der Waals surface area (Å²) in [6, 6.07) is 13.2. The Morgan fingerprint density at radius 2 is 2.04 bits per heavy atom. The number of piperidine rings is 1. The number of benzene rings is 2. The van der Waals surface area contributed by atoms with Crippen LogP contribution in [0, 0.1) is 10.1 Å². The zero-order valence-corrected chi connectivity index (χ0v) is 14.9. The molecule has 1 aliphatic rings. The predicted octanol–water partition coefficient (Wildman–Crippen LogP) is 4.07. The van der Waals surface area contributed by atoms with E-state index < -0.39 is 4.92 Å². The highest BCUT2D eigenvalue weighted by atomic mass is 35.5. The lowest BCUT2D eigenvalue weighted by Gasteiger charge is -2.32. The maximum absolute atomic E-state index is 12.6. The number of hydrogen-bond acceptors (Lipinski definition) is 4. The van der Waals surface area contributed by atoms with E-state index in [-0.39, 0.29) is 17.7 Å². The van der Waals surface area contributed by atoms with E-state index in [1.165, 1.54) is 24.3 Å². The molecule has 26 heavy (non-hydrogen) atoms. The molecule has 7 heteroatoms. The van der Waals surface area contributed by atoms with E-state index >= 15 is 0 Å². The molecule has 1 amide bonds. The first-order valence-corrected chi connectivity index (χ1v) is 8.80. The highest BCUT2D eigenvalue weighted by Gasteiger charge is 2.25. The molecule has 1 atom stereocenters. The fraction of sp³-hybridized carbons (Fsp3) is 0.316. The van der Waals surface area contributed by atoms with Crippen LogP contribution in [0.1, 0.15) is 28.8 Å². The van der Waals surface area contributed by atoms with E-state index in [1.54, 1.807) is 4.90 Å². The van der Waals surface area contributed by atoms with Crippen molar-refractivity contribution in [2.45, 2.75) is 25.6 Å². The average molecular weight is 375 g/mol. The molecule has 0 N–H and O–H groups in total. The number of hydrogen-bond donors (Lipinski definition) is 0. The van der Waals surface area contributed by atoms with Crippen LogP contribution in [0.25, 0.3) is 0 Å². The van der Waals surface area contributed by atoms with Gasteiger partial charge in [-0.15, -0.1) is 0 Å². The number of likely N-dealkylation sites (tertiary alicyclic amines) is 1. The molecular weight excluding hydrogens is 356 g/mol. The molecule has 1 saturated heterocycles. The summed E-state index contributed by atoms with van der Waals surface area (Å²) in [4.78, 5) is 24.6. The van der Waals surface area contributed by atoms with E-state index in [9.17, 15) is 14.9 Å². The number of non-ortho nitro benzene ring substituents is 1. The fourth-order valence-electron chi connectivity index (χ4n) is 3.01. The lowest BCUT2D eigenvalue weighted by atomic mass is 10.1. The first-order valence-electron chi connectivity index (χ1n) is 8.43. The van der Waals surface area contributed by atoms with Gasteiger partial charge in [-0.1, -0.05) is 23.7 Å². The maximum Gasteiger partial charge on any atom is 0.269 e. The summed E-state index contributed by atoms with van der Waals surface area (Å²) < 4.78 is 5.95. The first-order chi connectivity index (χ1) is 12.5. The second-order valence-corrected chi connectivity index (χ2v) is 6.70. The molecule has 1 aliphatic heterocycles. The molecule has 136 valence electrons. The third-order valence-corrected chi connectivity index (χ3v) is 4.60. The number of nitro groups is 1. The minimum Gasteiger partial charge on any atom is -0.372 e. The Bertz CT molecular complexity index is 794. The van der Waals surface area contributed by atoms with Gasteiger partial charge in [0, 0.05) is 35.8 Å². The zero-order chi connectivity index (χ0) is 18.5. The Morgan fingerprint density at radius 1 is 1.27 bits per heavy atom. The van der Waals surface area contributed by atoms with Crippen LogP contribution < -0.4 is 0 Å². The van der Waals surface area contributed by atoms with Gasteiger partial charge >= 0.3 is 0 Å². The Labute approximate surface area is 156 Å². The van der Waals surface area contributed by atoms with E-state index in [0.29, 0.717) is 30.3 Å². The van der Waals surface area contributed by atoms with Crippen LogP contribution >= 0.6 is 11.6 Å². The molecule has 1 fully saturated rings. The summed E-state index contributed by atoms with van der Waals surface area (Å²) in [5.74, 6) is -0.129. The first kappa shape index (κ1) is 18.4. The largest absolute Gasteiger partial charge is 0.372 e. The Hall–Kier alpha value is -2.44. The molecule has 0 radical (unpaired) electrons. The molecule has 0 bridgehead atoms. The monoisotopic (exact) mass is 374 g/mol. The second-order valence-electron chi connectivity index (χ2n) is 6.26. The van der Waals surface area contributed by atoms with Gasteiger partial charge in [0.05, 0.1) is 17.6 Å². The van der Waals surface area contributed by atoms with Gasteiger partial charge in [0.15, 0.2) is 0 Å². The summed E-state index contributed by atoms with van der Waals surface area (Å²) >= 11 is 5.98. The maximum atomic E-state index is 12.6. The third-order valence-electron chi connectivity index (χ3n) is 4.37. The molecule has 0 spiro atoms. The van der Waals surface area contributed by atoms with Crippen molar-refractivity contribution in [2.24, 2.45) is 0 Å². The molecule has 2 aromatic carbocycles. The van der Waals surface area contributed by atoms with Gasteiger partial charge < -0.3 is 9.64 Å². The Morgan fingerprint density at radius 3 is 2.73 bits per heavy atom. The smallest absolute Gasteiger partial charge is 0.269 e. The van der Waals surface area contributed by atoms with Gasteiger partial charge in [-0.2, -0.15) is 0 Å². The lowest BCUT2D eigenvalue weighted by molar-refractivity contribution is -0.384. The lowest BCUT2D eigenvalue weighted by Crippen LogP contribution is -2.43. The minimum atomic E-state index is -0.477. The fourth-order valence-corrected chi connectivity index (χ4v) is 3.22. The van der Waals surface area contributed by atoms with Crippen molar-refractivity contribution in [1.82, 2.24) is 4.90 Å². The van der Waals surface area contributed by atoms with Crippen molar-refractivity contribution in [1.29, 1.82) is 0 Å². The van der Waals surface area contributed by atoms with E-state index in [2.05, 4.69) is 0 Å². The molecular formula is C19H19ClN2O4. The second kappa shape index (κ2) is 8.29. The highest BCUT2D eigenvalue weighted by Crippen LogP contribution is 2.20. The number of halogens is 1. The van der Waals surface area contributed by atoms with E-state index in [4.69, 9.17) is 16.3 Å². The third kappa shape index (κ3) is 4.59. The number of nitro benzene ring substituents is 1. The van der Waals surface area contributed by atoms with Crippen LogP contribution in [0.15, 0.2) is 48.5 Å². The zero-order valence-electron chi connectivity index (χ0n) is 14.1. The summed E-state index contributed by atoms with van der Waals surface area (Å²) in [6.45, 7) is 1.62. The van der Waals surface area contributed by atoms with Crippen LogP contribution in [-0.4, -0.2) is 34.9 Å². The molecule has 0 aliphatic carbocycles. The predicted molar refractivity (Wildman–Crippen MR) is 98.3 cm³/mol. The minimum absolute atomic E-state index is 0.0251. The number of amides is 1. The van der Waals surface area contributed by atoms with Gasteiger partial charge in [-0.25, -0.2) is 0 Å². The van der Waals surface area contributed by atoms with Crippen LogP contribution in [0.5, 0.6) is 0 Å². The van der Waals surface area contributed by atoms with Crippen molar-refractivity contribution in [3.05, 3.63) is 74.8 Å². The Kier molecular flexibility index (Phi) is 5.85. The standard InChI is InChI=1S/C19H19ClN2O4/c20-16-4-1-3-14(11-16)13-26-18-5-2-10-21(12-18)19(23)15-6-8-17(9-7-15)22(24)25/h1,3-4,6-9,11,18H,2,5,10,12-13H2/t18-/m0/s1. The van der Waals surface area contributed by atoms with Crippen molar-refractivity contribution in [3.8, 4) is 0 Å². The van der Waals surface area contributed by atoms with Crippen LogP contribution in [0.2, 0.25) is 5.02 Å². The normalized spacial score (nSPS) is 17.1. The molecule has 0 unspecified atom stereocenters. The number of nitrogens with zero attached hydrogens (tertiary/aromatic N) is 2. The van der Waals surface area contributed by atoms with Crippen LogP contribution in [0.4, 0.5) is 5.69 Å². The molecule has 2 aromatic rings. The van der Waals surface area contributed by atoms with Crippen LogP contribution in [0.3, 0.4) is 0 Å². The van der Waals surface area contributed by atoms with Gasteiger partial charge in [0.1, 0.15) is 0 Å². The van der Waals surface area contributed by atoms with Crippen molar-refractivity contribution < 1.29 is 14.5 Å². The van der Waals surface area contributed by atoms with Gasteiger partial charge in [0.2, 0.25) is 0 Å². The summed E-state index contributed by atoms with van der Waals surface area (Å²) in [5, 5.41) is 11.4. The number of ether oxygens (including phenoxy) is 1. The molecule has 0 saturated carbocycles. The van der Waals surface area contributed by atoms with Gasteiger partial charge in [-0.3, -0.25) is 14.9 Å². The molecule has 0 aromatic heterocycles. The number of rotatable bonds is 5. The van der Waals surface area contributed by atoms with E-state index in [0.717, 1.165) is 18.4 Å².